The van der Waals surface area contributed by atoms with E-state index in [0.717, 1.165) is 28.1 Å². The Morgan fingerprint density at radius 2 is 1.80 bits per heavy atom. The van der Waals surface area contributed by atoms with Gasteiger partial charge in [-0.3, -0.25) is 14.6 Å². The number of nitrogens with one attached hydrogen (secondary N) is 1. The second-order valence-corrected chi connectivity index (χ2v) is 7.17. The van der Waals surface area contributed by atoms with E-state index in [4.69, 9.17) is 4.74 Å². The Bertz CT molecular complexity index is 1340. The van der Waals surface area contributed by atoms with Crippen LogP contribution in [0.1, 0.15) is 16.7 Å². The van der Waals surface area contributed by atoms with E-state index in [0.29, 0.717) is 11.3 Å². The largest absolute Gasteiger partial charge is 0.489 e. The van der Waals surface area contributed by atoms with Crippen LogP contribution in [-0.4, -0.2) is 29.6 Å². The first-order valence-electron chi connectivity index (χ1n) is 9.43. The van der Waals surface area contributed by atoms with Gasteiger partial charge in [-0.2, -0.15) is 9.36 Å². The number of H-pyrrole nitrogens is 1. The van der Waals surface area contributed by atoms with Crippen molar-refractivity contribution in [2.24, 2.45) is 14.1 Å². The Labute approximate surface area is 172 Å². The summed E-state index contributed by atoms with van der Waals surface area (Å²) in [6.45, 7) is 4.02. The van der Waals surface area contributed by atoms with Crippen molar-refractivity contribution >= 4 is 0 Å². The van der Waals surface area contributed by atoms with Crippen LogP contribution in [0.25, 0.3) is 16.9 Å². The quantitative estimate of drug-likeness (QED) is 0.545. The van der Waals surface area contributed by atoms with Gasteiger partial charge in [-0.25, -0.2) is 4.79 Å². The third kappa shape index (κ3) is 3.34. The molecular weight excluding hydrogens is 384 g/mol. The summed E-state index contributed by atoms with van der Waals surface area (Å²) < 4.78 is 9.93. The highest BCUT2D eigenvalue weighted by Crippen LogP contribution is 2.27. The van der Waals surface area contributed by atoms with Crippen LogP contribution in [-0.2, 0) is 20.7 Å². The zero-order valence-electron chi connectivity index (χ0n) is 17.2. The highest BCUT2D eigenvalue weighted by molar-refractivity contribution is 5.64. The molecular formula is C21H22N6O3. The number of tetrazole rings is 1. The Morgan fingerprint density at radius 1 is 1.03 bits per heavy atom. The molecule has 1 N–H and O–H groups in total. The topological polar surface area (TPSA) is 99.7 Å². The van der Waals surface area contributed by atoms with Gasteiger partial charge in [0.05, 0.1) is 11.4 Å². The lowest BCUT2D eigenvalue weighted by Crippen LogP contribution is -2.23. The maximum atomic E-state index is 12.2. The number of hydrogen-bond donors (Lipinski definition) is 1. The number of para-hydroxylation sites is 1. The highest BCUT2D eigenvalue weighted by atomic mass is 16.5. The number of hydrogen-bond acceptors (Lipinski definition) is 5. The van der Waals surface area contributed by atoms with Crippen LogP contribution in [0.2, 0.25) is 0 Å². The molecule has 30 heavy (non-hydrogen) atoms. The van der Waals surface area contributed by atoms with Crippen LogP contribution in [0.3, 0.4) is 0 Å². The van der Waals surface area contributed by atoms with Crippen LogP contribution in [0.4, 0.5) is 0 Å². The van der Waals surface area contributed by atoms with Crippen molar-refractivity contribution in [3.63, 3.8) is 0 Å². The van der Waals surface area contributed by atoms with Gasteiger partial charge in [0.2, 0.25) is 0 Å². The van der Waals surface area contributed by atoms with Crippen molar-refractivity contribution in [1.29, 1.82) is 0 Å². The molecule has 0 unspecified atom stereocenters. The third-order valence-corrected chi connectivity index (χ3v) is 5.07. The molecule has 0 aliphatic carbocycles. The lowest BCUT2D eigenvalue weighted by atomic mass is 10.1. The second-order valence-electron chi connectivity index (χ2n) is 7.17. The number of nitrogens with zero attached hydrogens (tertiary/aromatic N) is 5. The predicted octanol–water partition coefficient (Wildman–Crippen LogP) is 1.86. The minimum Gasteiger partial charge on any atom is -0.489 e. The van der Waals surface area contributed by atoms with E-state index < -0.39 is 0 Å². The first-order valence-corrected chi connectivity index (χ1v) is 9.43. The van der Waals surface area contributed by atoms with Crippen LogP contribution in [0.5, 0.6) is 5.75 Å². The van der Waals surface area contributed by atoms with Crippen LogP contribution < -0.4 is 16.0 Å². The first-order chi connectivity index (χ1) is 14.4. The zero-order chi connectivity index (χ0) is 21.4. The minimum absolute atomic E-state index is 0.0427. The zero-order valence-corrected chi connectivity index (χ0v) is 17.2. The summed E-state index contributed by atoms with van der Waals surface area (Å²) in [7, 11) is 3.25. The van der Waals surface area contributed by atoms with E-state index in [1.165, 1.54) is 14.0 Å². The summed E-state index contributed by atoms with van der Waals surface area (Å²) in [6.07, 6.45) is 0. The van der Waals surface area contributed by atoms with E-state index in [1.807, 2.05) is 43.3 Å². The molecule has 2 heterocycles. The molecule has 154 valence electrons. The molecule has 0 amide bonds. The van der Waals surface area contributed by atoms with Crippen molar-refractivity contribution < 1.29 is 4.74 Å². The van der Waals surface area contributed by atoms with Gasteiger partial charge in [0.1, 0.15) is 12.4 Å². The molecule has 0 aliphatic heterocycles. The van der Waals surface area contributed by atoms with Gasteiger partial charge in [0, 0.05) is 30.8 Å². The summed E-state index contributed by atoms with van der Waals surface area (Å²) in [6, 6.07) is 13.2. The molecule has 2 aromatic carbocycles. The number of aromatic amines is 1. The fourth-order valence-electron chi connectivity index (χ4n) is 3.37. The van der Waals surface area contributed by atoms with E-state index >= 15 is 0 Å². The fraction of sp³-hybridized carbons (Fsp3) is 0.238. The summed E-state index contributed by atoms with van der Waals surface area (Å²) in [5, 5.41) is 10.8. The van der Waals surface area contributed by atoms with Crippen molar-refractivity contribution in [3.05, 3.63) is 80.0 Å². The number of rotatable bonds is 5. The minimum atomic E-state index is -0.324. The van der Waals surface area contributed by atoms with Gasteiger partial charge in [0.15, 0.2) is 0 Å². The molecule has 9 heteroatoms. The predicted molar refractivity (Wildman–Crippen MR) is 112 cm³/mol. The van der Waals surface area contributed by atoms with Crippen molar-refractivity contribution in [2.45, 2.75) is 20.5 Å². The third-order valence-electron chi connectivity index (χ3n) is 5.07. The van der Waals surface area contributed by atoms with E-state index in [1.54, 1.807) is 27.1 Å². The van der Waals surface area contributed by atoms with Gasteiger partial charge in [-0.1, -0.05) is 18.2 Å². The molecule has 9 nitrogen and oxygen atoms in total. The van der Waals surface area contributed by atoms with E-state index in [2.05, 4.69) is 15.5 Å². The maximum Gasteiger partial charge on any atom is 0.368 e. The average Bonchev–Trinajstić information content (AvgIpc) is 3.20. The van der Waals surface area contributed by atoms with Crippen molar-refractivity contribution in [2.75, 3.05) is 0 Å². The Hall–Kier alpha value is -3.88. The van der Waals surface area contributed by atoms with E-state index in [-0.39, 0.29) is 17.9 Å². The lowest BCUT2D eigenvalue weighted by molar-refractivity contribution is 0.303. The summed E-state index contributed by atoms with van der Waals surface area (Å²) >= 11 is 0. The first kappa shape index (κ1) is 19.4. The van der Waals surface area contributed by atoms with Crippen molar-refractivity contribution in [3.8, 4) is 22.7 Å². The molecule has 0 aliphatic rings. The Balaban J connectivity index is 1.60. The number of ether oxygens (including phenoxy) is 1. The average molecular weight is 406 g/mol. The van der Waals surface area contributed by atoms with Crippen LogP contribution in [0.15, 0.2) is 52.1 Å². The highest BCUT2D eigenvalue weighted by Gasteiger charge is 2.13. The normalized spacial score (nSPS) is 11.1. The molecule has 2 aromatic heterocycles. The van der Waals surface area contributed by atoms with Crippen molar-refractivity contribution in [1.82, 2.24) is 29.6 Å². The fourth-order valence-corrected chi connectivity index (χ4v) is 3.37. The molecule has 0 bridgehead atoms. The molecule has 0 fully saturated rings. The maximum absolute atomic E-state index is 12.2. The van der Waals surface area contributed by atoms with Gasteiger partial charge in [-0.05, 0) is 54.1 Å². The van der Waals surface area contributed by atoms with Gasteiger partial charge in [-0.15, -0.1) is 0 Å². The smallest absolute Gasteiger partial charge is 0.368 e. The molecule has 4 aromatic rings. The summed E-state index contributed by atoms with van der Waals surface area (Å²) in [5.41, 5.74) is 4.40. The Morgan fingerprint density at radius 3 is 2.43 bits per heavy atom. The summed E-state index contributed by atoms with van der Waals surface area (Å²) in [5.74, 6) is 0.718. The van der Waals surface area contributed by atoms with Gasteiger partial charge >= 0.3 is 5.69 Å². The standard InChI is InChI=1S/C21H22N6O3/c1-13-11-15(19-14(2)20(28)25(3)22-19)9-10-18(13)30-12-16-7-5-6-8-17(16)27-21(29)26(4)23-24-27/h5-11,22H,12H2,1-4H3. The number of aromatic nitrogens is 6. The molecule has 0 saturated carbocycles. The van der Waals surface area contributed by atoms with Crippen LogP contribution >= 0.6 is 0 Å². The molecule has 0 radical (unpaired) electrons. The molecule has 0 saturated heterocycles. The Kier molecular flexibility index (Phi) is 4.86. The molecule has 0 atom stereocenters. The molecule has 4 rings (SSSR count). The van der Waals surface area contributed by atoms with Crippen LogP contribution in [0, 0.1) is 13.8 Å². The number of benzene rings is 2. The monoisotopic (exact) mass is 406 g/mol. The lowest BCUT2D eigenvalue weighted by Gasteiger charge is -2.13. The molecule has 0 spiro atoms. The number of aryl methyl sites for hydroxylation is 3. The second kappa shape index (κ2) is 7.51. The summed E-state index contributed by atoms with van der Waals surface area (Å²) in [4.78, 5) is 24.2. The SMILES string of the molecule is Cc1cc(-c2[nH]n(C)c(=O)c2C)ccc1OCc1ccccc1-n1nnn(C)c1=O. The van der Waals surface area contributed by atoms with Gasteiger partial charge < -0.3 is 4.74 Å². The van der Waals surface area contributed by atoms with Gasteiger partial charge in [0.25, 0.3) is 5.56 Å². The van der Waals surface area contributed by atoms with E-state index in [9.17, 15) is 9.59 Å².